The SMILES string of the molecule is N#CC1CCCCC1N=O. The quantitative estimate of drug-likeness (QED) is 0.519. The maximum Gasteiger partial charge on any atom is 0.108 e. The lowest BCUT2D eigenvalue weighted by Gasteiger charge is -2.19. The van der Waals surface area contributed by atoms with Crippen LogP contribution in [-0.4, -0.2) is 6.04 Å². The van der Waals surface area contributed by atoms with E-state index in [4.69, 9.17) is 5.26 Å². The van der Waals surface area contributed by atoms with Crippen molar-refractivity contribution in [2.45, 2.75) is 31.7 Å². The molecule has 0 aliphatic heterocycles. The highest BCUT2D eigenvalue weighted by Gasteiger charge is 2.25. The van der Waals surface area contributed by atoms with Crippen molar-refractivity contribution >= 4 is 0 Å². The first-order chi connectivity index (χ1) is 4.88. The van der Waals surface area contributed by atoms with Gasteiger partial charge >= 0.3 is 0 Å². The maximum atomic E-state index is 10.1. The van der Waals surface area contributed by atoms with Crippen LogP contribution in [0.5, 0.6) is 0 Å². The van der Waals surface area contributed by atoms with Crippen molar-refractivity contribution < 1.29 is 0 Å². The lowest BCUT2D eigenvalue weighted by Crippen LogP contribution is -2.20. The lowest BCUT2D eigenvalue weighted by molar-refractivity contribution is 0.369. The summed E-state index contributed by atoms with van der Waals surface area (Å²) in [5, 5.41) is 11.5. The van der Waals surface area contributed by atoms with Gasteiger partial charge in [-0.25, -0.2) is 0 Å². The monoisotopic (exact) mass is 138 g/mol. The van der Waals surface area contributed by atoms with Crippen molar-refractivity contribution in [2.24, 2.45) is 11.1 Å². The average Bonchev–Trinajstić information content (AvgIpc) is 2.04. The van der Waals surface area contributed by atoms with E-state index in [0.29, 0.717) is 0 Å². The Labute approximate surface area is 60.0 Å². The van der Waals surface area contributed by atoms with Gasteiger partial charge in [-0.2, -0.15) is 10.2 Å². The molecule has 0 bridgehead atoms. The zero-order chi connectivity index (χ0) is 7.40. The van der Waals surface area contributed by atoms with Crippen molar-refractivity contribution in [3.05, 3.63) is 4.91 Å². The molecule has 0 saturated heterocycles. The highest BCUT2D eigenvalue weighted by atomic mass is 16.3. The van der Waals surface area contributed by atoms with Gasteiger partial charge in [0, 0.05) is 0 Å². The molecule has 3 nitrogen and oxygen atoms in total. The zero-order valence-electron chi connectivity index (χ0n) is 5.79. The molecule has 0 amide bonds. The molecule has 1 saturated carbocycles. The molecule has 0 aromatic heterocycles. The van der Waals surface area contributed by atoms with E-state index in [-0.39, 0.29) is 12.0 Å². The molecular weight excluding hydrogens is 128 g/mol. The minimum atomic E-state index is -0.223. The fourth-order valence-corrected chi connectivity index (χ4v) is 1.39. The summed E-state index contributed by atoms with van der Waals surface area (Å²) < 4.78 is 0. The van der Waals surface area contributed by atoms with E-state index in [9.17, 15) is 4.91 Å². The van der Waals surface area contributed by atoms with E-state index in [1.165, 1.54) is 0 Å². The second kappa shape index (κ2) is 3.31. The molecule has 1 aliphatic rings. The molecule has 2 unspecified atom stereocenters. The van der Waals surface area contributed by atoms with Crippen LogP contribution in [0.15, 0.2) is 5.18 Å². The van der Waals surface area contributed by atoms with Gasteiger partial charge in [-0.1, -0.05) is 18.0 Å². The van der Waals surface area contributed by atoms with Crippen molar-refractivity contribution in [1.29, 1.82) is 5.26 Å². The Morgan fingerprint density at radius 1 is 1.40 bits per heavy atom. The summed E-state index contributed by atoms with van der Waals surface area (Å²) in [5.74, 6) is -0.105. The van der Waals surface area contributed by atoms with Crippen LogP contribution in [0.25, 0.3) is 0 Å². The predicted molar refractivity (Wildman–Crippen MR) is 37.2 cm³/mol. The molecule has 1 aliphatic carbocycles. The maximum absolute atomic E-state index is 10.1. The Morgan fingerprint density at radius 3 is 2.60 bits per heavy atom. The molecule has 2 atom stereocenters. The number of nitriles is 1. The van der Waals surface area contributed by atoms with Crippen LogP contribution in [-0.2, 0) is 0 Å². The number of hydrogen-bond donors (Lipinski definition) is 0. The van der Waals surface area contributed by atoms with Gasteiger partial charge in [0.1, 0.15) is 6.04 Å². The van der Waals surface area contributed by atoms with E-state index in [0.717, 1.165) is 25.7 Å². The second-order valence-electron chi connectivity index (χ2n) is 2.69. The van der Waals surface area contributed by atoms with Gasteiger partial charge in [0.2, 0.25) is 0 Å². The van der Waals surface area contributed by atoms with Crippen LogP contribution in [0.2, 0.25) is 0 Å². The van der Waals surface area contributed by atoms with Gasteiger partial charge in [0.05, 0.1) is 12.0 Å². The van der Waals surface area contributed by atoms with E-state index >= 15 is 0 Å². The van der Waals surface area contributed by atoms with Crippen LogP contribution < -0.4 is 0 Å². The lowest BCUT2D eigenvalue weighted by atomic mass is 9.86. The van der Waals surface area contributed by atoms with Gasteiger partial charge in [0.15, 0.2) is 0 Å². The number of nitroso groups, excluding NO2 is 1. The highest BCUT2D eigenvalue weighted by Crippen LogP contribution is 2.25. The van der Waals surface area contributed by atoms with E-state index in [2.05, 4.69) is 11.2 Å². The standard InChI is InChI=1S/C7H10N2O/c8-5-6-3-1-2-4-7(6)9-10/h6-7H,1-4H2. The van der Waals surface area contributed by atoms with Crippen molar-refractivity contribution in [1.82, 2.24) is 0 Å². The summed E-state index contributed by atoms with van der Waals surface area (Å²) in [7, 11) is 0. The van der Waals surface area contributed by atoms with E-state index in [1.54, 1.807) is 0 Å². The fraction of sp³-hybridized carbons (Fsp3) is 0.857. The van der Waals surface area contributed by atoms with Crippen molar-refractivity contribution in [2.75, 3.05) is 0 Å². The third-order valence-electron chi connectivity index (χ3n) is 2.03. The summed E-state index contributed by atoms with van der Waals surface area (Å²) in [4.78, 5) is 10.1. The Hall–Kier alpha value is -0.910. The Bertz CT molecular complexity index is 161. The molecule has 0 aromatic carbocycles. The smallest absolute Gasteiger partial charge is 0.108 e. The zero-order valence-corrected chi connectivity index (χ0v) is 5.79. The first-order valence-electron chi connectivity index (χ1n) is 3.60. The van der Waals surface area contributed by atoms with Gasteiger partial charge in [-0.05, 0) is 12.8 Å². The molecular formula is C7H10N2O. The topological polar surface area (TPSA) is 53.2 Å². The Balaban J connectivity index is 2.51. The number of nitrogens with zero attached hydrogens (tertiary/aromatic N) is 2. The summed E-state index contributed by atoms with van der Waals surface area (Å²) in [5.41, 5.74) is 0. The van der Waals surface area contributed by atoms with Crippen LogP contribution in [0.4, 0.5) is 0 Å². The molecule has 3 heteroatoms. The summed E-state index contributed by atoms with van der Waals surface area (Å²) >= 11 is 0. The third kappa shape index (κ3) is 1.32. The molecule has 0 N–H and O–H groups in total. The van der Waals surface area contributed by atoms with Gasteiger partial charge < -0.3 is 0 Å². The predicted octanol–water partition coefficient (Wildman–Crippen LogP) is 1.84. The number of hydrogen-bond acceptors (Lipinski definition) is 3. The normalized spacial score (nSPS) is 32.7. The third-order valence-corrected chi connectivity index (χ3v) is 2.03. The first-order valence-corrected chi connectivity index (χ1v) is 3.60. The highest BCUT2D eigenvalue weighted by molar-refractivity contribution is 4.94. The summed E-state index contributed by atoms with van der Waals surface area (Å²) in [6.45, 7) is 0. The van der Waals surface area contributed by atoms with Gasteiger partial charge in [-0.15, -0.1) is 0 Å². The minimum Gasteiger partial charge on any atom is -0.198 e. The Morgan fingerprint density at radius 2 is 2.10 bits per heavy atom. The molecule has 0 heterocycles. The molecule has 54 valence electrons. The van der Waals surface area contributed by atoms with E-state index < -0.39 is 0 Å². The van der Waals surface area contributed by atoms with Crippen LogP contribution >= 0.6 is 0 Å². The van der Waals surface area contributed by atoms with Crippen molar-refractivity contribution in [3.8, 4) is 6.07 Å². The molecule has 0 aromatic rings. The van der Waals surface area contributed by atoms with Gasteiger partial charge in [-0.3, -0.25) is 0 Å². The molecule has 0 radical (unpaired) electrons. The largest absolute Gasteiger partial charge is 0.198 e. The molecule has 1 rings (SSSR count). The molecule has 10 heavy (non-hydrogen) atoms. The van der Waals surface area contributed by atoms with Gasteiger partial charge in [0.25, 0.3) is 0 Å². The molecule has 1 fully saturated rings. The summed E-state index contributed by atoms with van der Waals surface area (Å²) in [6, 6.07) is 1.89. The first kappa shape index (κ1) is 7.20. The molecule has 0 spiro atoms. The second-order valence-corrected chi connectivity index (χ2v) is 2.69. The minimum absolute atomic E-state index is 0.105. The summed E-state index contributed by atoms with van der Waals surface area (Å²) in [6.07, 6.45) is 3.79. The van der Waals surface area contributed by atoms with E-state index in [1.807, 2.05) is 0 Å². The average molecular weight is 138 g/mol. The number of rotatable bonds is 1. The van der Waals surface area contributed by atoms with Crippen LogP contribution in [0.3, 0.4) is 0 Å². The van der Waals surface area contributed by atoms with Crippen molar-refractivity contribution in [3.63, 3.8) is 0 Å². The van der Waals surface area contributed by atoms with Crippen LogP contribution in [0, 0.1) is 22.2 Å². The van der Waals surface area contributed by atoms with Crippen LogP contribution in [0.1, 0.15) is 25.7 Å². The fourth-order valence-electron chi connectivity index (χ4n) is 1.39. The Kier molecular flexibility index (Phi) is 2.38.